The summed E-state index contributed by atoms with van der Waals surface area (Å²) >= 11 is 0. The number of aliphatic imine (C=N–C) groups is 1. The van der Waals surface area contributed by atoms with Gasteiger partial charge in [0.25, 0.3) is 5.91 Å². The van der Waals surface area contributed by atoms with Gasteiger partial charge in [0, 0.05) is 31.2 Å². The van der Waals surface area contributed by atoms with Crippen molar-refractivity contribution in [2.45, 2.75) is 26.4 Å². The SMILES string of the molecule is CC1=CC=C2NC(=O)C(C#N)=CC2C1N=C(C)N(CCN(C)C)Cc1ccccc1. The molecule has 0 bridgehead atoms. The van der Waals surface area contributed by atoms with Gasteiger partial charge in [0.05, 0.1) is 11.9 Å². The van der Waals surface area contributed by atoms with Gasteiger partial charge >= 0.3 is 0 Å². The van der Waals surface area contributed by atoms with Crippen LogP contribution in [0.4, 0.5) is 0 Å². The Labute approximate surface area is 178 Å². The molecule has 6 nitrogen and oxygen atoms in total. The molecule has 0 spiro atoms. The Bertz CT molecular complexity index is 950. The highest BCUT2D eigenvalue weighted by Crippen LogP contribution is 2.32. The van der Waals surface area contributed by atoms with Crippen molar-refractivity contribution in [1.29, 1.82) is 5.26 Å². The molecule has 1 heterocycles. The number of carbonyl (C=O) groups excluding carboxylic acids is 1. The summed E-state index contributed by atoms with van der Waals surface area (Å²) < 4.78 is 0. The molecule has 1 aliphatic heterocycles. The molecule has 0 radical (unpaired) electrons. The second-order valence-electron chi connectivity index (χ2n) is 8.04. The molecule has 0 aromatic heterocycles. The Morgan fingerprint density at radius 1 is 1.20 bits per heavy atom. The number of benzene rings is 1. The number of amidine groups is 1. The molecule has 0 fully saturated rings. The molecule has 0 saturated heterocycles. The number of fused-ring (bicyclic) bond motifs is 1. The standard InChI is InChI=1S/C24H29N5O/c1-17-10-11-22-21(14-20(15-25)24(30)27-22)23(17)26-18(2)29(13-12-28(3)4)16-19-8-6-5-7-9-19/h5-11,14,21,23H,12-13,16H2,1-4H3,(H,27,30). The summed E-state index contributed by atoms with van der Waals surface area (Å²) in [6, 6.07) is 12.2. The van der Waals surface area contributed by atoms with Crippen LogP contribution >= 0.6 is 0 Å². The maximum atomic E-state index is 12.0. The van der Waals surface area contributed by atoms with Crippen molar-refractivity contribution < 1.29 is 4.79 Å². The molecular formula is C24H29N5O. The van der Waals surface area contributed by atoms with Gasteiger partial charge < -0.3 is 15.1 Å². The molecule has 1 N–H and O–H groups in total. The zero-order valence-corrected chi connectivity index (χ0v) is 18.1. The van der Waals surface area contributed by atoms with Crippen molar-refractivity contribution in [1.82, 2.24) is 15.1 Å². The lowest BCUT2D eigenvalue weighted by Crippen LogP contribution is -2.40. The molecule has 156 valence electrons. The highest BCUT2D eigenvalue weighted by molar-refractivity contribution is 5.99. The van der Waals surface area contributed by atoms with Gasteiger partial charge in [-0.3, -0.25) is 9.79 Å². The second kappa shape index (κ2) is 9.55. The van der Waals surface area contributed by atoms with E-state index in [1.807, 2.05) is 38.1 Å². The molecule has 2 atom stereocenters. The minimum Gasteiger partial charge on any atom is -0.355 e. The number of likely N-dealkylation sites (N-methyl/N-ethyl adjacent to an activating group) is 1. The summed E-state index contributed by atoms with van der Waals surface area (Å²) in [6.07, 6.45) is 5.67. The monoisotopic (exact) mass is 403 g/mol. The number of amides is 1. The van der Waals surface area contributed by atoms with Crippen molar-refractivity contribution in [2.75, 3.05) is 27.2 Å². The van der Waals surface area contributed by atoms with E-state index in [1.165, 1.54) is 5.56 Å². The van der Waals surface area contributed by atoms with E-state index in [9.17, 15) is 10.1 Å². The molecule has 1 aromatic carbocycles. The van der Waals surface area contributed by atoms with E-state index in [4.69, 9.17) is 4.99 Å². The van der Waals surface area contributed by atoms with Gasteiger partial charge in [0.15, 0.2) is 0 Å². The number of carbonyl (C=O) groups is 1. The van der Waals surface area contributed by atoms with E-state index in [2.05, 4.69) is 53.5 Å². The summed E-state index contributed by atoms with van der Waals surface area (Å²) in [5, 5.41) is 12.1. The van der Waals surface area contributed by atoms with E-state index in [0.717, 1.165) is 36.7 Å². The van der Waals surface area contributed by atoms with Crippen LogP contribution in [0.3, 0.4) is 0 Å². The topological polar surface area (TPSA) is 71.7 Å². The number of nitriles is 1. The Hall–Kier alpha value is -3.17. The van der Waals surface area contributed by atoms with Gasteiger partial charge in [-0.2, -0.15) is 5.26 Å². The highest BCUT2D eigenvalue weighted by Gasteiger charge is 2.33. The summed E-state index contributed by atoms with van der Waals surface area (Å²) in [5.41, 5.74) is 3.30. The largest absolute Gasteiger partial charge is 0.355 e. The highest BCUT2D eigenvalue weighted by atomic mass is 16.1. The summed E-state index contributed by atoms with van der Waals surface area (Å²) in [6.45, 7) is 6.65. The number of allylic oxidation sites excluding steroid dienone is 2. The van der Waals surface area contributed by atoms with Crippen molar-refractivity contribution in [3.05, 3.63) is 71.0 Å². The predicted octanol–water partition coefficient (Wildman–Crippen LogP) is 2.88. The van der Waals surface area contributed by atoms with Crippen LogP contribution in [0, 0.1) is 17.2 Å². The van der Waals surface area contributed by atoms with Gasteiger partial charge in [0.2, 0.25) is 0 Å². The van der Waals surface area contributed by atoms with Crippen molar-refractivity contribution >= 4 is 11.7 Å². The zero-order chi connectivity index (χ0) is 21.7. The molecule has 6 heteroatoms. The van der Waals surface area contributed by atoms with Gasteiger partial charge in [-0.15, -0.1) is 0 Å². The molecule has 1 amide bonds. The van der Waals surface area contributed by atoms with E-state index in [0.29, 0.717) is 0 Å². The first-order valence-corrected chi connectivity index (χ1v) is 10.2. The van der Waals surface area contributed by atoms with E-state index in [-0.39, 0.29) is 23.4 Å². The van der Waals surface area contributed by atoms with Gasteiger partial charge in [0.1, 0.15) is 11.6 Å². The Balaban J connectivity index is 1.89. The third-order valence-corrected chi connectivity index (χ3v) is 5.48. The second-order valence-corrected chi connectivity index (χ2v) is 8.04. The molecule has 3 rings (SSSR count). The van der Waals surface area contributed by atoms with Crippen LogP contribution in [0.2, 0.25) is 0 Å². The molecule has 2 unspecified atom stereocenters. The fraction of sp³-hybridized carbons (Fsp3) is 0.375. The van der Waals surface area contributed by atoms with Crippen LogP contribution < -0.4 is 5.32 Å². The van der Waals surface area contributed by atoms with Crippen molar-refractivity contribution in [2.24, 2.45) is 10.9 Å². The Morgan fingerprint density at radius 2 is 1.93 bits per heavy atom. The maximum absolute atomic E-state index is 12.0. The normalized spacial score (nSPS) is 21.1. The van der Waals surface area contributed by atoms with Crippen LogP contribution in [-0.4, -0.2) is 54.8 Å². The van der Waals surface area contributed by atoms with Crippen LogP contribution in [0.15, 0.2) is 70.4 Å². The number of nitrogens with one attached hydrogen (secondary N) is 1. The van der Waals surface area contributed by atoms with E-state index in [1.54, 1.807) is 6.08 Å². The summed E-state index contributed by atoms with van der Waals surface area (Å²) in [7, 11) is 4.13. The minimum absolute atomic E-state index is 0.135. The van der Waals surface area contributed by atoms with E-state index >= 15 is 0 Å². The maximum Gasteiger partial charge on any atom is 0.265 e. The van der Waals surface area contributed by atoms with Crippen molar-refractivity contribution in [3.8, 4) is 6.07 Å². The fourth-order valence-corrected chi connectivity index (χ4v) is 3.68. The first-order valence-electron chi connectivity index (χ1n) is 10.2. The lowest BCUT2D eigenvalue weighted by Gasteiger charge is -2.33. The quantitative estimate of drug-likeness (QED) is 0.586. The average molecular weight is 404 g/mol. The fourth-order valence-electron chi connectivity index (χ4n) is 3.68. The molecule has 1 aliphatic carbocycles. The molecule has 0 saturated carbocycles. The Morgan fingerprint density at radius 3 is 2.60 bits per heavy atom. The molecule has 2 aliphatic rings. The first kappa shape index (κ1) is 21.5. The van der Waals surface area contributed by atoms with Gasteiger partial charge in [-0.05, 0) is 51.2 Å². The van der Waals surface area contributed by atoms with Crippen molar-refractivity contribution in [3.63, 3.8) is 0 Å². The average Bonchev–Trinajstić information content (AvgIpc) is 2.73. The zero-order valence-electron chi connectivity index (χ0n) is 18.1. The first-order chi connectivity index (χ1) is 14.4. The van der Waals surface area contributed by atoms with Crippen LogP contribution in [0.25, 0.3) is 0 Å². The van der Waals surface area contributed by atoms with Crippen LogP contribution in [0.5, 0.6) is 0 Å². The smallest absolute Gasteiger partial charge is 0.265 e. The van der Waals surface area contributed by atoms with Crippen LogP contribution in [-0.2, 0) is 11.3 Å². The third-order valence-electron chi connectivity index (χ3n) is 5.48. The predicted molar refractivity (Wildman–Crippen MR) is 119 cm³/mol. The minimum atomic E-state index is -0.343. The number of nitrogens with zero attached hydrogens (tertiary/aromatic N) is 4. The molecular weight excluding hydrogens is 374 g/mol. The summed E-state index contributed by atoms with van der Waals surface area (Å²) in [5.74, 6) is 0.470. The molecule has 1 aromatic rings. The number of hydrogen-bond acceptors (Lipinski definition) is 4. The van der Waals surface area contributed by atoms with Gasteiger partial charge in [-0.1, -0.05) is 36.4 Å². The number of hydrogen-bond donors (Lipinski definition) is 1. The lowest BCUT2D eigenvalue weighted by molar-refractivity contribution is -0.116. The third kappa shape index (κ3) is 5.05. The van der Waals surface area contributed by atoms with E-state index < -0.39 is 0 Å². The number of rotatable bonds is 6. The van der Waals surface area contributed by atoms with Crippen LogP contribution in [0.1, 0.15) is 19.4 Å². The molecule has 30 heavy (non-hydrogen) atoms. The Kier molecular flexibility index (Phi) is 6.86. The van der Waals surface area contributed by atoms with Gasteiger partial charge in [-0.25, -0.2) is 0 Å². The lowest BCUT2D eigenvalue weighted by atomic mass is 9.83. The summed E-state index contributed by atoms with van der Waals surface area (Å²) in [4.78, 5) is 21.6.